The average molecular weight is 630 g/mol. The third-order valence-electron chi connectivity index (χ3n) is 4.96. The largest absolute Gasteiger partial charge is 0.417 e. The molecule has 0 aliphatic heterocycles. The molecule has 4 nitrogen and oxygen atoms in total. The van der Waals surface area contributed by atoms with Gasteiger partial charge in [-0.1, -0.05) is 53.0 Å². The molecule has 0 aromatic heterocycles. The molecule has 39 heavy (non-hydrogen) atoms. The van der Waals surface area contributed by atoms with E-state index in [1.54, 1.807) is 0 Å². The molecule has 214 valence electrons. The standard InChI is InChI=1S/C23H16Cl3F9N2O2/c24-16-8-12(9-17(25)19(16)26)14(22(30,31)32)4-2-11-1-3-13(15(7-11)23(33,34)35)20(39)37-10-36-18(38)5-6-21(27,28)29/h1-4,7-9,14H,5-6,10H2,(H,36,38)(H,37,39). The first-order valence-electron chi connectivity index (χ1n) is 10.5. The van der Waals surface area contributed by atoms with Gasteiger partial charge in [-0.3, -0.25) is 9.59 Å². The third kappa shape index (κ3) is 9.80. The Bertz CT molecular complexity index is 1220. The fourth-order valence-electron chi connectivity index (χ4n) is 3.13. The predicted octanol–water partition coefficient (Wildman–Crippen LogP) is 8.17. The van der Waals surface area contributed by atoms with E-state index in [4.69, 9.17) is 34.8 Å². The predicted molar refractivity (Wildman–Crippen MR) is 127 cm³/mol. The number of hydrogen-bond acceptors (Lipinski definition) is 2. The first-order chi connectivity index (χ1) is 17.8. The summed E-state index contributed by atoms with van der Waals surface area (Å²) < 4.78 is 118. The zero-order valence-corrected chi connectivity index (χ0v) is 21.4. The lowest BCUT2D eigenvalue weighted by Gasteiger charge is -2.19. The number of carbonyl (C=O) groups is 2. The molecule has 2 rings (SSSR count). The molecule has 0 radical (unpaired) electrons. The van der Waals surface area contributed by atoms with Crippen molar-refractivity contribution >= 4 is 52.7 Å². The number of amides is 2. The van der Waals surface area contributed by atoms with Gasteiger partial charge >= 0.3 is 18.5 Å². The van der Waals surface area contributed by atoms with Crippen LogP contribution in [0.25, 0.3) is 6.08 Å². The smallest absolute Gasteiger partial charge is 0.339 e. The maximum atomic E-state index is 13.7. The highest BCUT2D eigenvalue weighted by atomic mass is 35.5. The topological polar surface area (TPSA) is 58.2 Å². The molecule has 16 heteroatoms. The van der Waals surface area contributed by atoms with Crippen molar-refractivity contribution in [1.82, 2.24) is 10.6 Å². The fraction of sp³-hybridized carbons (Fsp3) is 0.304. The van der Waals surface area contributed by atoms with Crippen LogP contribution in [0.2, 0.25) is 15.1 Å². The van der Waals surface area contributed by atoms with Gasteiger partial charge in [-0.05, 0) is 35.4 Å². The number of allylic oxidation sites excluding steroid dienone is 1. The van der Waals surface area contributed by atoms with Gasteiger partial charge in [0.1, 0.15) is 0 Å². The van der Waals surface area contributed by atoms with Crippen molar-refractivity contribution in [1.29, 1.82) is 0 Å². The van der Waals surface area contributed by atoms with Crippen LogP contribution < -0.4 is 10.6 Å². The van der Waals surface area contributed by atoms with Crippen molar-refractivity contribution in [3.8, 4) is 0 Å². The molecule has 2 aromatic rings. The molecule has 1 unspecified atom stereocenters. The number of benzene rings is 2. The summed E-state index contributed by atoms with van der Waals surface area (Å²) in [6.45, 7) is -0.770. The SMILES string of the molecule is O=C(CCC(F)(F)F)NCNC(=O)c1ccc(C=CC(c2cc(Cl)c(Cl)c(Cl)c2)C(F)(F)F)cc1C(F)(F)F. The van der Waals surface area contributed by atoms with Gasteiger partial charge in [-0.25, -0.2) is 0 Å². The lowest BCUT2D eigenvalue weighted by Crippen LogP contribution is -2.38. The molecule has 0 saturated carbocycles. The first kappa shape index (κ1) is 32.6. The van der Waals surface area contributed by atoms with Crippen LogP contribution in [0.1, 0.15) is 45.8 Å². The number of hydrogen-bond donors (Lipinski definition) is 2. The zero-order chi connectivity index (χ0) is 29.8. The van der Waals surface area contributed by atoms with E-state index in [1.807, 2.05) is 10.6 Å². The number of rotatable bonds is 8. The molecule has 2 amide bonds. The van der Waals surface area contributed by atoms with Crippen LogP contribution in [0.5, 0.6) is 0 Å². The van der Waals surface area contributed by atoms with E-state index >= 15 is 0 Å². The van der Waals surface area contributed by atoms with Crippen LogP contribution in [0.15, 0.2) is 36.4 Å². The lowest BCUT2D eigenvalue weighted by atomic mass is 9.96. The van der Waals surface area contributed by atoms with Gasteiger partial charge in [0.2, 0.25) is 5.91 Å². The van der Waals surface area contributed by atoms with E-state index < -0.39 is 72.5 Å². The van der Waals surface area contributed by atoms with E-state index in [0.717, 1.165) is 24.3 Å². The second kappa shape index (κ2) is 12.7. The van der Waals surface area contributed by atoms with Gasteiger partial charge in [0, 0.05) is 6.42 Å². The minimum absolute atomic E-state index is 0.184. The average Bonchev–Trinajstić information content (AvgIpc) is 2.79. The number of alkyl halides is 9. The summed E-state index contributed by atoms with van der Waals surface area (Å²) in [6, 6.07) is 3.89. The Balaban J connectivity index is 2.27. The van der Waals surface area contributed by atoms with Crippen molar-refractivity contribution in [3.63, 3.8) is 0 Å². The van der Waals surface area contributed by atoms with Gasteiger partial charge in [-0.2, -0.15) is 39.5 Å². The van der Waals surface area contributed by atoms with E-state index in [0.29, 0.717) is 18.2 Å². The van der Waals surface area contributed by atoms with Crippen LogP contribution in [-0.4, -0.2) is 30.8 Å². The Morgan fingerprint density at radius 1 is 0.872 bits per heavy atom. The van der Waals surface area contributed by atoms with Crippen molar-refractivity contribution < 1.29 is 49.1 Å². The molecule has 0 bridgehead atoms. The summed E-state index contributed by atoms with van der Waals surface area (Å²) in [7, 11) is 0. The molecular weight excluding hydrogens is 614 g/mol. The first-order valence-corrected chi connectivity index (χ1v) is 11.6. The highest BCUT2D eigenvalue weighted by Gasteiger charge is 2.40. The molecule has 0 saturated heterocycles. The van der Waals surface area contributed by atoms with E-state index in [9.17, 15) is 49.1 Å². The van der Waals surface area contributed by atoms with Crippen molar-refractivity contribution in [2.75, 3.05) is 6.67 Å². The molecular formula is C23H16Cl3F9N2O2. The minimum Gasteiger partial charge on any atom is -0.339 e. The fourth-order valence-corrected chi connectivity index (χ4v) is 3.74. The lowest BCUT2D eigenvalue weighted by molar-refractivity contribution is -0.144. The van der Waals surface area contributed by atoms with E-state index in [2.05, 4.69) is 0 Å². The Kier molecular flexibility index (Phi) is 10.6. The molecule has 0 aliphatic rings. The van der Waals surface area contributed by atoms with Crippen LogP contribution in [-0.2, 0) is 11.0 Å². The minimum atomic E-state index is -5.12. The van der Waals surface area contributed by atoms with Crippen LogP contribution in [0.3, 0.4) is 0 Å². The van der Waals surface area contributed by atoms with Gasteiger partial charge in [-0.15, -0.1) is 0 Å². The third-order valence-corrected chi connectivity index (χ3v) is 6.16. The molecule has 2 N–H and O–H groups in total. The quantitative estimate of drug-likeness (QED) is 0.176. The number of halogens is 12. The summed E-state index contributed by atoms with van der Waals surface area (Å²) in [5.41, 5.74) is -3.22. The van der Waals surface area contributed by atoms with E-state index in [-0.39, 0.29) is 20.6 Å². The van der Waals surface area contributed by atoms with Crippen molar-refractivity contribution in [2.45, 2.75) is 37.3 Å². The highest BCUT2D eigenvalue weighted by molar-refractivity contribution is 6.48. The van der Waals surface area contributed by atoms with Gasteiger partial charge in [0.15, 0.2) is 0 Å². The van der Waals surface area contributed by atoms with Crippen LogP contribution in [0.4, 0.5) is 39.5 Å². The maximum absolute atomic E-state index is 13.7. The molecule has 1 atom stereocenters. The normalized spacial score (nSPS) is 13.4. The van der Waals surface area contributed by atoms with Gasteiger partial charge < -0.3 is 10.6 Å². The summed E-state index contributed by atoms with van der Waals surface area (Å²) >= 11 is 17.3. The Morgan fingerprint density at radius 3 is 1.97 bits per heavy atom. The molecule has 0 heterocycles. The Labute approximate surface area is 230 Å². The second-order valence-electron chi connectivity index (χ2n) is 7.88. The van der Waals surface area contributed by atoms with Gasteiger partial charge in [0.25, 0.3) is 5.91 Å². The summed E-state index contributed by atoms with van der Waals surface area (Å²) in [4.78, 5) is 23.6. The zero-order valence-electron chi connectivity index (χ0n) is 19.1. The highest BCUT2D eigenvalue weighted by Crippen LogP contribution is 2.41. The molecule has 0 aliphatic carbocycles. The Morgan fingerprint density at radius 2 is 1.46 bits per heavy atom. The van der Waals surface area contributed by atoms with Crippen molar-refractivity contribution in [2.24, 2.45) is 0 Å². The second-order valence-corrected chi connectivity index (χ2v) is 9.07. The Hall–Kier alpha value is -2.64. The van der Waals surface area contributed by atoms with Crippen LogP contribution >= 0.6 is 34.8 Å². The summed E-state index contributed by atoms with van der Waals surface area (Å²) in [5, 5.41) is 3.09. The summed E-state index contributed by atoms with van der Waals surface area (Å²) in [5.74, 6) is -4.78. The monoisotopic (exact) mass is 628 g/mol. The van der Waals surface area contributed by atoms with Crippen LogP contribution in [0, 0.1) is 0 Å². The summed E-state index contributed by atoms with van der Waals surface area (Å²) in [6.07, 6.45) is -15.7. The maximum Gasteiger partial charge on any atom is 0.417 e. The van der Waals surface area contributed by atoms with Gasteiger partial charge in [0.05, 0.1) is 45.2 Å². The molecule has 2 aromatic carbocycles. The molecule has 0 spiro atoms. The van der Waals surface area contributed by atoms with Crippen molar-refractivity contribution in [3.05, 3.63) is 73.7 Å². The molecule has 0 fully saturated rings. The van der Waals surface area contributed by atoms with E-state index in [1.165, 1.54) is 0 Å². The number of nitrogens with one attached hydrogen (secondary N) is 2. The number of carbonyl (C=O) groups excluding carboxylic acids is 2.